The molecule has 56 heavy (non-hydrogen) atoms. The molecule has 2 aromatic carbocycles. The van der Waals surface area contributed by atoms with Gasteiger partial charge in [0, 0.05) is 81.0 Å². The maximum absolute atomic E-state index is 13.8. The predicted molar refractivity (Wildman–Crippen MR) is 218 cm³/mol. The van der Waals surface area contributed by atoms with Gasteiger partial charge in [0.05, 0.1) is 17.7 Å². The van der Waals surface area contributed by atoms with Crippen LogP contribution in [0.5, 0.6) is 0 Å². The number of carboxylic acids is 1. The number of carbonyl (C=O) groups is 2. The molecule has 0 radical (unpaired) electrons. The molecule has 1 unspecified atom stereocenters. The third kappa shape index (κ3) is 7.91. The zero-order chi connectivity index (χ0) is 38.9. The Hall–Kier alpha value is -5.17. The van der Waals surface area contributed by atoms with Gasteiger partial charge < -0.3 is 25.4 Å². The maximum Gasteiger partial charge on any atom is 0.306 e. The molecule has 3 aliphatic rings. The Labute approximate surface area is 328 Å². The number of hydrogen-bond acceptors (Lipinski definition) is 9. The Bertz CT molecular complexity index is 2260. The van der Waals surface area contributed by atoms with Crippen molar-refractivity contribution in [1.82, 2.24) is 29.3 Å². The van der Waals surface area contributed by atoms with Gasteiger partial charge in [0.1, 0.15) is 5.52 Å². The Morgan fingerprint density at radius 3 is 2.39 bits per heavy atom. The van der Waals surface area contributed by atoms with Crippen LogP contribution in [-0.4, -0.2) is 83.7 Å². The summed E-state index contributed by atoms with van der Waals surface area (Å²) in [7, 11) is 1.93. The number of aliphatic carboxylic acids is 1. The lowest BCUT2D eigenvalue weighted by atomic mass is 9.80. The smallest absolute Gasteiger partial charge is 0.306 e. The van der Waals surface area contributed by atoms with Crippen LogP contribution in [0.15, 0.2) is 60.9 Å². The summed E-state index contributed by atoms with van der Waals surface area (Å²) in [6.07, 6.45) is 9.72. The minimum Gasteiger partial charge on any atom is -0.481 e. The first-order valence-corrected chi connectivity index (χ1v) is 20.0. The standard InChI is InChI=1S/C44H52N8O4/c1-27-34(6-4-8-36(27)47-41-40-32(14-18-45-41)22-30(23-46-40)24-52-20-16-33(53)25-52)35-7-5-9-37(28(35)2)49-43(54)42-48-38-26-51(21-17-39(38)50(42)3)19-15-29-10-12-31(13-11-29)44(55)56/h4-9,14,18,22-23,29,31,33,53H,10-13,15-17,19-21,24-26H2,1-3H3,(H,45,47)(H,49,54)(H,55,56). The Balaban J connectivity index is 0.941. The molecule has 8 rings (SSSR count). The highest BCUT2D eigenvalue weighted by Crippen LogP contribution is 2.36. The van der Waals surface area contributed by atoms with Crippen molar-refractivity contribution in [3.63, 3.8) is 0 Å². The van der Waals surface area contributed by atoms with Crippen LogP contribution < -0.4 is 10.6 Å². The van der Waals surface area contributed by atoms with Gasteiger partial charge in [-0.15, -0.1) is 0 Å². The van der Waals surface area contributed by atoms with Crippen molar-refractivity contribution in [2.75, 3.05) is 36.8 Å². The van der Waals surface area contributed by atoms with E-state index < -0.39 is 5.97 Å². The predicted octanol–water partition coefficient (Wildman–Crippen LogP) is 6.85. The number of nitrogens with zero attached hydrogens (tertiary/aromatic N) is 6. The Morgan fingerprint density at radius 1 is 0.911 bits per heavy atom. The molecule has 2 fully saturated rings. The van der Waals surface area contributed by atoms with Crippen LogP contribution >= 0.6 is 0 Å². The number of amides is 1. The van der Waals surface area contributed by atoms with Gasteiger partial charge in [0.15, 0.2) is 11.6 Å². The highest BCUT2D eigenvalue weighted by molar-refractivity contribution is 6.03. The first-order valence-electron chi connectivity index (χ1n) is 20.0. The first-order chi connectivity index (χ1) is 27.1. The Morgan fingerprint density at radius 2 is 1.66 bits per heavy atom. The average molecular weight is 757 g/mol. The van der Waals surface area contributed by atoms with Gasteiger partial charge >= 0.3 is 5.97 Å². The van der Waals surface area contributed by atoms with Crippen molar-refractivity contribution in [2.45, 2.75) is 78.0 Å². The van der Waals surface area contributed by atoms with E-state index in [1.54, 1.807) is 6.20 Å². The van der Waals surface area contributed by atoms with Crippen LogP contribution in [0.3, 0.4) is 0 Å². The summed E-state index contributed by atoms with van der Waals surface area (Å²) in [5.41, 5.74) is 9.73. The Kier molecular flexibility index (Phi) is 10.9. The van der Waals surface area contributed by atoms with Crippen LogP contribution in [0.25, 0.3) is 22.0 Å². The van der Waals surface area contributed by atoms with E-state index in [0.717, 1.165) is 139 Å². The van der Waals surface area contributed by atoms with Crippen LogP contribution in [0.4, 0.5) is 17.2 Å². The van der Waals surface area contributed by atoms with E-state index in [-0.39, 0.29) is 17.9 Å². The van der Waals surface area contributed by atoms with Crippen molar-refractivity contribution in [1.29, 1.82) is 0 Å². The number of hydrogen-bond donors (Lipinski definition) is 4. The molecule has 12 nitrogen and oxygen atoms in total. The van der Waals surface area contributed by atoms with E-state index in [4.69, 9.17) is 9.97 Å². The monoisotopic (exact) mass is 756 g/mol. The van der Waals surface area contributed by atoms with Gasteiger partial charge in [-0.3, -0.25) is 24.4 Å². The fraction of sp³-hybridized carbons (Fsp3) is 0.432. The highest BCUT2D eigenvalue weighted by atomic mass is 16.4. The fourth-order valence-corrected chi connectivity index (χ4v) is 8.97. The molecule has 1 amide bonds. The van der Waals surface area contributed by atoms with E-state index in [1.165, 1.54) is 0 Å². The van der Waals surface area contributed by atoms with Gasteiger partial charge in [-0.2, -0.15) is 0 Å². The van der Waals surface area contributed by atoms with Crippen molar-refractivity contribution < 1.29 is 19.8 Å². The van der Waals surface area contributed by atoms with Crippen molar-refractivity contribution in [2.24, 2.45) is 18.9 Å². The zero-order valence-electron chi connectivity index (χ0n) is 32.6. The molecule has 3 aromatic heterocycles. The second-order valence-corrected chi connectivity index (χ2v) is 16.0. The van der Waals surface area contributed by atoms with E-state index in [9.17, 15) is 19.8 Å². The van der Waals surface area contributed by atoms with Crippen LogP contribution in [0, 0.1) is 25.7 Å². The lowest BCUT2D eigenvalue weighted by Crippen LogP contribution is -2.33. The minimum absolute atomic E-state index is 0.180. The number of β-amino-alcohol motifs (C(OH)–C–C–N with tert-alkyl or cyclic N) is 1. The number of carbonyl (C=O) groups excluding carboxylic acids is 1. The molecular weight excluding hydrogens is 705 g/mol. The zero-order valence-corrected chi connectivity index (χ0v) is 32.6. The SMILES string of the molecule is Cc1c(NC(=O)c2nc3c(n2C)CCN(CCC2CCC(C(=O)O)CC2)C3)cccc1-c1cccc(Nc2nccc3cc(CN4CCC(O)C4)cnc23)c1C. The number of aliphatic hydroxyl groups is 1. The first kappa shape index (κ1) is 37.7. The number of carboxylic acid groups (broad SMARTS) is 1. The summed E-state index contributed by atoms with van der Waals surface area (Å²) in [5.74, 6) is 0.609. The molecule has 1 aliphatic carbocycles. The van der Waals surface area contributed by atoms with Crippen molar-refractivity contribution >= 4 is 40.0 Å². The molecule has 1 atom stereocenters. The van der Waals surface area contributed by atoms with Gasteiger partial charge in [-0.25, -0.2) is 9.97 Å². The number of nitrogens with one attached hydrogen (secondary N) is 2. The van der Waals surface area contributed by atoms with Crippen LogP contribution in [0.2, 0.25) is 0 Å². The van der Waals surface area contributed by atoms with Gasteiger partial charge in [-0.05, 0) is 117 Å². The summed E-state index contributed by atoms with van der Waals surface area (Å²) < 4.78 is 1.95. The molecule has 1 saturated carbocycles. The largest absolute Gasteiger partial charge is 0.481 e. The number of imidazole rings is 1. The number of likely N-dealkylation sites (tertiary alicyclic amines) is 1. The fourth-order valence-electron chi connectivity index (χ4n) is 8.97. The normalized spacial score (nSPS) is 20.2. The molecule has 0 bridgehead atoms. The minimum atomic E-state index is -0.654. The third-order valence-electron chi connectivity index (χ3n) is 12.4. The van der Waals surface area contributed by atoms with Crippen LogP contribution in [-0.2, 0) is 31.4 Å². The van der Waals surface area contributed by atoms with Gasteiger partial charge in [-0.1, -0.05) is 24.3 Å². The molecule has 1 saturated heterocycles. The third-order valence-corrected chi connectivity index (χ3v) is 12.4. The van der Waals surface area contributed by atoms with Crippen LogP contribution in [0.1, 0.15) is 77.2 Å². The number of aromatic nitrogens is 4. The number of anilines is 3. The number of rotatable bonds is 11. The van der Waals surface area contributed by atoms with Gasteiger partial charge in [0.2, 0.25) is 0 Å². The van der Waals surface area contributed by atoms with E-state index in [0.29, 0.717) is 24.1 Å². The second kappa shape index (κ2) is 16.1. The lowest BCUT2D eigenvalue weighted by Gasteiger charge is -2.30. The van der Waals surface area contributed by atoms with E-state index in [1.807, 2.05) is 55.1 Å². The number of aliphatic hydroxyl groups excluding tert-OH is 1. The summed E-state index contributed by atoms with van der Waals surface area (Å²) in [4.78, 5) is 44.2. The average Bonchev–Trinajstić information content (AvgIpc) is 3.76. The number of benzene rings is 2. The van der Waals surface area contributed by atoms with Crippen molar-refractivity contribution in [3.05, 3.63) is 94.8 Å². The molecule has 0 spiro atoms. The molecule has 12 heteroatoms. The summed E-state index contributed by atoms with van der Waals surface area (Å²) in [6, 6.07) is 16.3. The topological polar surface area (TPSA) is 149 Å². The molecule has 292 valence electrons. The van der Waals surface area contributed by atoms with Crippen molar-refractivity contribution in [3.8, 4) is 11.1 Å². The lowest BCUT2D eigenvalue weighted by molar-refractivity contribution is -0.143. The molecule has 4 N–H and O–H groups in total. The summed E-state index contributed by atoms with van der Waals surface area (Å²) in [6.45, 7) is 9.08. The summed E-state index contributed by atoms with van der Waals surface area (Å²) in [5, 5.41) is 27.0. The molecule has 2 aliphatic heterocycles. The molecular formula is C44H52N8O4. The second-order valence-electron chi connectivity index (χ2n) is 16.0. The van der Waals surface area contributed by atoms with E-state index in [2.05, 4.69) is 50.5 Å². The quantitative estimate of drug-likeness (QED) is 0.113. The molecule has 5 aromatic rings. The summed E-state index contributed by atoms with van der Waals surface area (Å²) >= 11 is 0. The number of fused-ring (bicyclic) bond motifs is 2. The van der Waals surface area contributed by atoms with Gasteiger partial charge in [0.25, 0.3) is 5.91 Å². The van der Waals surface area contributed by atoms with E-state index >= 15 is 0 Å². The highest BCUT2D eigenvalue weighted by Gasteiger charge is 2.29. The molecule has 5 heterocycles. The maximum atomic E-state index is 13.8. The number of pyridine rings is 2.